The first-order chi connectivity index (χ1) is 11.8. The Kier molecular flexibility index (Phi) is 38.4. The van der Waals surface area contributed by atoms with E-state index in [1.807, 2.05) is 0 Å². The Labute approximate surface area is 164 Å². The van der Waals surface area contributed by atoms with Gasteiger partial charge in [0.2, 0.25) is 0 Å². The van der Waals surface area contributed by atoms with E-state index in [0.717, 1.165) is 0 Å². The smallest absolute Gasteiger partial charge is 0.0701 e. The third-order valence-electron chi connectivity index (χ3n) is 2.47. The van der Waals surface area contributed by atoms with Gasteiger partial charge in [-0.1, -0.05) is 0 Å². The van der Waals surface area contributed by atoms with Crippen LogP contribution in [0.3, 0.4) is 0 Å². The van der Waals surface area contributed by atoms with Crippen molar-refractivity contribution in [3.05, 3.63) is 0 Å². The Morgan fingerprint density at radius 1 is 0.320 bits per heavy atom. The van der Waals surface area contributed by atoms with Gasteiger partial charge >= 0.3 is 0 Å². The van der Waals surface area contributed by atoms with Crippen molar-refractivity contribution in [2.45, 2.75) is 0 Å². The Morgan fingerprint density at radius 2 is 0.480 bits per heavy atom. The van der Waals surface area contributed by atoms with Gasteiger partial charge in [0.1, 0.15) is 0 Å². The summed E-state index contributed by atoms with van der Waals surface area (Å²) in [4.78, 5) is 0. The minimum absolute atomic E-state index is 0. The summed E-state index contributed by atoms with van der Waals surface area (Å²) < 4.78 is 39.9. The predicted octanol–water partition coefficient (Wildman–Crippen LogP) is 0.244. The molecular weight excluding hydrogens is 327 g/mol. The normalized spacial score (nSPS) is 10.1. The minimum atomic E-state index is 0. The second-order valence-corrected chi connectivity index (χ2v) is 4.42. The Hall–Kier alpha value is 0.277. The van der Waals surface area contributed by atoms with E-state index in [-0.39, 0.29) is 18.9 Å². The molecule has 0 bridgehead atoms. The summed E-state index contributed by atoms with van der Waals surface area (Å²) in [5, 5.41) is 0. The van der Waals surface area contributed by atoms with Crippen molar-refractivity contribution in [3.8, 4) is 0 Å². The predicted molar refractivity (Wildman–Crippen MR) is 96.5 cm³/mol. The van der Waals surface area contributed by atoms with Crippen LogP contribution in [-0.2, 0) is 37.9 Å². The Bertz CT molecular complexity index is 161. The molecule has 0 saturated heterocycles. The maximum Gasteiger partial charge on any atom is 0.0701 e. The van der Waals surface area contributed by atoms with Gasteiger partial charge in [0.15, 0.2) is 0 Å². The van der Waals surface area contributed by atoms with Gasteiger partial charge in [0.25, 0.3) is 0 Å². The van der Waals surface area contributed by atoms with E-state index in [1.165, 1.54) is 0 Å². The molecule has 0 saturated carbocycles. The van der Waals surface area contributed by atoms with Gasteiger partial charge in [0, 0.05) is 47.3 Å². The molecule has 9 heteroatoms. The van der Waals surface area contributed by atoms with Crippen LogP contribution in [-0.4, -0.2) is 127 Å². The second-order valence-electron chi connectivity index (χ2n) is 4.42. The minimum Gasteiger partial charge on any atom is -0.382 e. The summed E-state index contributed by atoms with van der Waals surface area (Å²) in [6.45, 7) is 7.54. The Morgan fingerprint density at radius 3 is 0.640 bits per heavy atom. The molecule has 0 spiro atoms. The standard InChI is InChI=1S/2C8H18O4.Li/c2*1-9-3-5-11-7-8-12-6-4-10-2;/h2*3-8H2,1-2H3;. The molecule has 0 atom stereocenters. The molecule has 0 aromatic rings. The van der Waals surface area contributed by atoms with Crippen LogP contribution in [0.5, 0.6) is 0 Å². The van der Waals surface area contributed by atoms with Crippen LogP contribution in [0.1, 0.15) is 0 Å². The first kappa shape index (κ1) is 30.0. The summed E-state index contributed by atoms with van der Waals surface area (Å²) in [5.41, 5.74) is 0. The molecule has 0 aliphatic carbocycles. The summed E-state index contributed by atoms with van der Waals surface area (Å²) in [6.07, 6.45) is 0. The largest absolute Gasteiger partial charge is 0.382 e. The SMILES string of the molecule is COCCOCCOCCOC.COCCOCCOCCOC.[Li]. The maximum absolute atomic E-state index is 5.16. The average molecular weight is 363 g/mol. The first-order valence-corrected chi connectivity index (χ1v) is 8.10. The summed E-state index contributed by atoms with van der Waals surface area (Å²) in [6, 6.07) is 0. The topological polar surface area (TPSA) is 73.8 Å². The van der Waals surface area contributed by atoms with Crippen LogP contribution in [0.15, 0.2) is 0 Å². The van der Waals surface area contributed by atoms with Crippen LogP contribution < -0.4 is 0 Å². The molecule has 0 rings (SSSR count). The molecule has 0 aromatic carbocycles. The number of rotatable bonds is 18. The van der Waals surface area contributed by atoms with Crippen molar-refractivity contribution >= 4 is 18.9 Å². The number of methoxy groups -OCH3 is 4. The third-order valence-corrected chi connectivity index (χ3v) is 2.47. The van der Waals surface area contributed by atoms with Crippen LogP contribution >= 0.6 is 0 Å². The van der Waals surface area contributed by atoms with Gasteiger partial charge in [-0.15, -0.1) is 0 Å². The van der Waals surface area contributed by atoms with Gasteiger partial charge in [-0.3, -0.25) is 0 Å². The molecule has 0 aliphatic rings. The van der Waals surface area contributed by atoms with Crippen molar-refractivity contribution in [2.75, 3.05) is 108 Å². The van der Waals surface area contributed by atoms with Gasteiger partial charge in [-0.2, -0.15) is 0 Å². The monoisotopic (exact) mass is 363 g/mol. The zero-order chi connectivity index (χ0) is 18.1. The number of hydrogen-bond acceptors (Lipinski definition) is 8. The maximum atomic E-state index is 5.16. The second kappa shape index (κ2) is 32.0. The van der Waals surface area contributed by atoms with E-state index in [0.29, 0.717) is 79.3 Å². The van der Waals surface area contributed by atoms with E-state index in [1.54, 1.807) is 28.4 Å². The molecule has 0 heterocycles. The van der Waals surface area contributed by atoms with Crippen LogP contribution in [0.2, 0.25) is 0 Å². The molecule has 1 radical (unpaired) electrons. The molecule has 0 amide bonds. The van der Waals surface area contributed by atoms with Crippen LogP contribution in [0.4, 0.5) is 0 Å². The zero-order valence-corrected chi connectivity index (χ0v) is 16.8. The fraction of sp³-hybridized carbons (Fsp3) is 1.00. The van der Waals surface area contributed by atoms with Gasteiger partial charge < -0.3 is 37.9 Å². The number of ether oxygens (including phenoxy) is 8. The number of hydrogen-bond donors (Lipinski definition) is 0. The summed E-state index contributed by atoms with van der Waals surface area (Å²) >= 11 is 0. The van der Waals surface area contributed by atoms with E-state index in [4.69, 9.17) is 37.9 Å². The molecule has 8 nitrogen and oxygen atoms in total. The summed E-state index contributed by atoms with van der Waals surface area (Å²) in [5.74, 6) is 0. The van der Waals surface area contributed by atoms with Crippen molar-refractivity contribution in [3.63, 3.8) is 0 Å². The Balaban J connectivity index is -0.000000372. The van der Waals surface area contributed by atoms with Gasteiger partial charge in [-0.25, -0.2) is 0 Å². The summed E-state index contributed by atoms with van der Waals surface area (Å²) in [7, 11) is 6.60. The van der Waals surface area contributed by atoms with Crippen molar-refractivity contribution in [2.24, 2.45) is 0 Å². The van der Waals surface area contributed by atoms with Crippen molar-refractivity contribution < 1.29 is 37.9 Å². The third kappa shape index (κ3) is 36.1. The van der Waals surface area contributed by atoms with Gasteiger partial charge in [-0.05, 0) is 0 Å². The van der Waals surface area contributed by atoms with E-state index in [2.05, 4.69) is 0 Å². The molecule has 0 unspecified atom stereocenters. The van der Waals surface area contributed by atoms with Crippen molar-refractivity contribution in [1.29, 1.82) is 0 Å². The van der Waals surface area contributed by atoms with Gasteiger partial charge in [0.05, 0.1) is 79.3 Å². The molecule has 149 valence electrons. The van der Waals surface area contributed by atoms with E-state index >= 15 is 0 Å². The van der Waals surface area contributed by atoms with E-state index < -0.39 is 0 Å². The molecular formula is C16H36LiO8. The fourth-order valence-corrected chi connectivity index (χ4v) is 1.21. The molecule has 0 aliphatic heterocycles. The molecule has 0 aromatic heterocycles. The van der Waals surface area contributed by atoms with Crippen LogP contribution in [0, 0.1) is 0 Å². The fourth-order valence-electron chi connectivity index (χ4n) is 1.21. The molecule has 0 N–H and O–H groups in total. The quantitative estimate of drug-likeness (QED) is 0.253. The van der Waals surface area contributed by atoms with Crippen LogP contribution in [0.25, 0.3) is 0 Å². The molecule has 25 heavy (non-hydrogen) atoms. The van der Waals surface area contributed by atoms with E-state index in [9.17, 15) is 0 Å². The molecule has 0 fully saturated rings. The average Bonchev–Trinajstić information content (AvgIpc) is 2.60. The van der Waals surface area contributed by atoms with Crippen molar-refractivity contribution in [1.82, 2.24) is 0 Å². The first-order valence-electron chi connectivity index (χ1n) is 8.10. The zero-order valence-electron chi connectivity index (χ0n) is 16.8.